The molecule has 0 radical (unpaired) electrons. The Morgan fingerprint density at radius 3 is 2.82 bits per heavy atom. The zero-order chi connectivity index (χ0) is 19.9. The molecule has 3 rings (SSSR count). The van der Waals surface area contributed by atoms with E-state index in [0.717, 1.165) is 4.88 Å². The standard InChI is InChI=1S/C19H19N3O5S/c1-26-18(24)9-14(15-7-4-8-28-15)21-17(23)11-27-10-16-20-13-6-3-2-5-12(13)19(25)22-16/h2-8,14H,9-11H2,1H3,(H,21,23)(H,20,22,25). The molecule has 2 N–H and O–H groups in total. The van der Waals surface area contributed by atoms with Crippen LogP contribution < -0.4 is 10.9 Å². The van der Waals surface area contributed by atoms with Gasteiger partial charge in [-0.3, -0.25) is 14.4 Å². The fourth-order valence-corrected chi connectivity index (χ4v) is 3.42. The average Bonchev–Trinajstić information content (AvgIpc) is 3.22. The number of aromatic nitrogens is 2. The number of fused-ring (bicyclic) bond motifs is 1. The molecule has 2 heterocycles. The van der Waals surface area contributed by atoms with E-state index in [9.17, 15) is 14.4 Å². The summed E-state index contributed by atoms with van der Waals surface area (Å²) in [6, 6.07) is 10.2. The number of carbonyl (C=O) groups is 2. The predicted octanol–water partition coefficient (Wildman–Crippen LogP) is 1.92. The number of amides is 1. The molecule has 1 aromatic carbocycles. The first-order chi connectivity index (χ1) is 13.6. The summed E-state index contributed by atoms with van der Waals surface area (Å²) in [6.45, 7) is -0.256. The smallest absolute Gasteiger partial charge is 0.307 e. The van der Waals surface area contributed by atoms with E-state index >= 15 is 0 Å². The molecule has 8 nitrogen and oxygen atoms in total. The maximum absolute atomic E-state index is 12.2. The van der Waals surface area contributed by atoms with Gasteiger partial charge < -0.3 is 19.8 Å². The Labute approximate surface area is 164 Å². The molecule has 3 aromatic rings. The van der Waals surface area contributed by atoms with Crippen LogP contribution in [0.25, 0.3) is 10.9 Å². The zero-order valence-electron chi connectivity index (χ0n) is 15.1. The third-order valence-corrected chi connectivity index (χ3v) is 4.94. The summed E-state index contributed by atoms with van der Waals surface area (Å²) in [5, 5.41) is 5.12. The Morgan fingerprint density at radius 2 is 2.07 bits per heavy atom. The van der Waals surface area contributed by atoms with Crippen LogP contribution in [0.15, 0.2) is 46.6 Å². The van der Waals surface area contributed by atoms with Crippen LogP contribution in [-0.4, -0.2) is 35.6 Å². The van der Waals surface area contributed by atoms with Gasteiger partial charge in [-0.1, -0.05) is 18.2 Å². The van der Waals surface area contributed by atoms with Crippen molar-refractivity contribution >= 4 is 34.1 Å². The summed E-state index contributed by atoms with van der Waals surface area (Å²) in [7, 11) is 1.30. The normalized spacial score (nSPS) is 11.9. The summed E-state index contributed by atoms with van der Waals surface area (Å²) < 4.78 is 10.1. The largest absolute Gasteiger partial charge is 0.469 e. The van der Waals surface area contributed by atoms with Crippen LogP contribution in [0.1, 0.15) is 23.2 Å². The Morgan fingerprint density at radius 1 is 1.25 bits per heavy atom. The monoisotopic (exact) mass is 401 g/mol. The SMILES string of the molecule is COC(=O)CC(NC(=O)COCc1nc2ccccc2c(=O)[nH]1)c1cccs1. The van der Waals surface area contributed by atoms with Crippen molar-refractivity contribution in [2.24, 2.45) is 0 Å². The van der Waals surface area contributed by atoms with Crippen molar-refractivity contribution in [3.05, 3.63) is 62.8 Å². The van der Waals surface area contributed by atoms with Crippen LogP contribution in [0.2, 0.25) is 0 Å². The average molecular weight is 401 g/mol. The summed E-state index contributed by atoms with van der Waals surface area (Å²) in [4.78, 5) is 43.6. The van der Waals surface area contributed by atoms with Gasteiger partial charge in [-0.25, -0.2) is 4.98 Å². The number of hydrogen-bond acceptors (Lipinski definition) is 7. The van der Waals surface area contributed by atoms with Crippen LogP contribution in [0, 0.1) is 0 Å². The lowest BCUT2D eigenvalue weighted by Gasteiger charge is -2.16. The number of esters is 1. The number of nitrogens with one attached hydrogen (secondary N) is 2. The summed E-state index contributed by atoms with van der Waals surface area (Å²) in [5.41, 5.74) is 0.301. The molecular weight excluding hydrogens is 382 g/mol. The highest BCUT2D eigenvalue weighted by atomic mass is 32.1. The number of ether oxygens (including phenoxy) is 2. The number of hydrogen-bond donors (Lipinski definition) is 2. The number of benzene rings is 1. The highest BCUT2D eigenvalue weighted by Gasteiger charge is 2.20. The van der Waals surface area contributed by atoms with Crippen molar-refractivity contribution in [3.8, 4) is 0 Å². The molecule has 0 aliphatic heterocycles. The zero-order valence-corrected chi connectivity index (χ0v) is 16.0. The molecule has 0 aliphatic rings. The van der Waals surface area contributed by atoms with E-state index in [1.165, 1.54) is 18.4 Å². The van der Waals surface area contributed by atoms with Gasteiger partial charge in [0.2, 0.25) is 5.91 Å². The van der Waals surface area contributed by atoms with Gasteiger partial charge in [0.15, 0.2) is 0 Å². The number of nitrogens with zero attached hydrogens (tertiary/aromatic N) is 1. The molecule has 146 valence electrons. The van der Waals surface area contributed by atoms with E-state index in [1.807, 2.05) is 17.5 Å². The first kappa shape index (κ1) is 19.7. The summed E-state index contributed by atoms with van der Waals surface area (Å²) in [6.07, 6.45) is 0.0301. The van der Waals surface area contributed by atoms with Crippen molar-refractivity contribution in [1.82, 2.24) is 15.3 Å². The molecule has 9 heteroatoms. The molecule has 0 fully saturated rings. The van der Waals surface area contributed by atoms with Crippen LogP contribution >= 0.6 is 11.3 Å². The van der Waals surface area contributed by atoms with E-state index in [0.29, 0.717) is 16.7 Å². The molecule has 0 bridgehead atoms. The number of aromatic amines is 1. The Balaban J connectivity index is 1.57. The topological polar surface area (TPSA) is 110 Å². The highest BCUT2D eigenvalue weighted by Crippen LogP contribution is 2.22. The molecule has 2 aromatic heterocycles. The Hall–Kier alpha value is -3.04. The minimum Gasteiger partial charge on any atom is -0.469 e. The van der Waals surface area contributed by atoms with Gasteiger partial charge in [-0.15, -0.1) is 11.3 Å². The lowest BCUT2D eigenvalue weighted by atomic mass is 10.1. The fourth-order valence-electron chi connectivity index (χ4n) is 2.64. The molecule has 1 amide bonds. The third kappa shape index (κ3) is 5.02. The van der Waals surface area contributed by atoms with E-state index in [4.69, 9.17) is 4.74 Å². The van der Waals surface area contributed by atoms with Gasteiger partial charge >= 0.3 is 5.97 Å². The van der Waals surface area contributed by atoms with E-state index in [-0.39, 0.29) is 31.1 Å². The van der Waals surface area contributed by atoms with Gasteiger partial charge in [-0.2, -0.15) is 0 Å². The van der Waals surface area contributed by atoms with E-state index in [1.54, 1.807) is 24.3 Å². The quantitative estimate of drug-likeness (QED) is 0.558. The number of para-hydroxylation sites is 1. The molecule has 0 saturated heterocycles. The van der Waals surface area contributed by atoms with E-state index in [2.05, 4.69) is 20.0 Å². The molecule has 0 saturated carbocycles. The molecule has 28 heavy (non-hydrogen) atoms. The van der Waals surface area contributed by atoms with Gasteiger partial charge in [0.25, 0.3) is 5.56 Å². The van der Waals surface area contributed by atoms with Crippen molar-refractivity contribution in [3.63, 3.8) is 0 Å². The van der Waals surface area contributed by atoms with Crippen molar-refractivity contribution < 1.29 is 19.1 Å². The second-order valence-electron chi connectivity index (χ2n) is 5.94. The lowest BCUT2D eigenvalue weighted by molar-refractivity contribution is -0.141. The van der Waals surface area contributed by atoms with Crippen LogP contribution in [0.3, 0.4) is 0 Å². The molecule has 0 spiro atoms. The number of thiophene rings is 1. The second-order valence-corrected chi connectivity index (χ2v) is 6.92. The molecule has 1 atom stereocenters. The molecular formula is C19H19N3O5S. The summed E-state index contributed by atoms with van der Waals surface area (Å²) >= 11 is 1.44. The Kier molecular flexibility index (Phi) is 6.51. The first-order valence-corrected chi connectivity index (χ1v) is 9.40. The minimum atomic E-state index is -0.484. The third-order valence-electron chi connectivity index (χ3n) is 3.95. The summed E-state index contributed by atoms with van der Waals surface area (Å²) in [5.74, 6) is -0.469. The number of methoxy groups -OCH3 is 1. The fraction of sp³-hybridized carbons (Fsp3) is 0.263. The first-order valence-electron chi connectivity index (χ1n) is 8.52. The lowest BCUT2D eigenvalue weighted by Crippen LogP contribution is -2.33. The van der Waals surface area contributed by atoms with Crippen LogP contribution in [0.5, 0.6) is 0 Å². The van der Waals surface area contributed by atoms with Crippen LogP contribution in [-0.2, 0) is 25.7 Å². The van der Waals surface area contributed by atoms with Crippen molar-refractivity contribution in [2.75, 3.05) is 13.7 Å². The minimum absolute atomic E-state index is 0.0197. The second kappa shape index (κ2) is 9.25. The number of carbonyl (C=O) groups excluding carboxylic acids is 2. The number of rotatable bonds is 8. The molecule has 0 aliphatic carbocycles. The van der Waals surface area contributed by atoms with Crippen LogP contribution in [0.4, 0.5) is 0 Å². The Bertz CT molecular complexity index is 1020. The van der Waals surface area contributed by atoms with E-state index < -0.39 is 12.0 Å². The van der Waals surface area contributed by atoms with Crippen molar-refractivity contribution in [2.45, 2.75) is 19.1 Å². The van der Waals surface area contributed by atoms with Gasteiger partial charge in [0, 0.05) is 4.88 Å². The van der Waals surface area contributed by atoms with Gasteiger partial charge in [-0.05, 0) is 23.6 Å². The van der Waals surface area contributed by atoms with Gasteiger partial charge in [0.05, 0.1) is 30.5 Å². The van der Waals surface area contributed by atoms with Crippen molar-refractivity contribution in [1.29, 1.82) is 0 Å². The molecule has 1 unspecified atom stereocenters. The highest BCUT2D eigenvalue weighted by molar-refractivity contribution is 7.10. The number of H-pyrrole nitrogens is 1. The maximum Gasteiger partial charge on any atom is 0.307 e. The predicted molar refractivity (Wildman–Crippen MR) is 104 cm³/mol. The van der Waals surface area contributed by atoms with Gasteiger partial charge in [0.1, 0.15) is 19.0 Å². The maximum atomic E-state index is 12.2.